The molecule has 132 valence electrons. The second-order valence-corrected chi connectivity index (χ2v) is 5.09. The van der Waals surface area contributed by atoms with Gasteiger partial charge in [-0.15, -0.1) is 5.10 Å². The third-order valence-electron chi connectivity index (χ3n) is 2.64. The monoisotopic (exact) mass is 363 g/mol. The number of rotatable bonds is 5. The minimum Gasteiger partial charge on any atom is -0.480 e. The first kappa shape index (κ1) is 20.2. The first-order valence-electron chi connectivity index (χ1n) is 7.01. The van der Waals surface area contributed by atoms with Crippen LogP contribution in [0.3, 0.4) is 0 Å². The fourth-order valence-corrected chi connectivity index (χ4v) is 2.38. The SMILES string of the molecule is CC.COc1cc(SNC(c2ccc(F)cc2)C(F)(F)F)cnn1. The average molecular weight is 363 g/mol. The van der Waals surface area contributed by atoms with E-state index in [0.29, 0.717) is 4.90 Å². The van der Waals surface area contributed by atoms with E-state index >= 15 is 0 Å². The van der Waals surface area contributed by atoms with Crippen molar-refractivity contribution in [3.8, 4) is 5.88 Å². The summed E-state index contributed by atoms with van der Waals surface area (Å²) in [5.74, 6) is -0.405. The van der Waals surface area contributed by atoms with Crippen LogP contribution in [0, 0.1) is 5.82 Å². The molecule has 9 heteroatoms. The zero-order valence-electron chi connectivity index (χ0n) is 13.3. The van der Waals surface area contributed by atoms with Gasteiger partial charge in [-0.05, 0) is 29.6 Å². The third-order valence-corrected chi connectivity index (χ3v) is 3.45. The highest BCUT2D eigenvalue weighted by Crippen LogP contribution is 2.35. The third kappa shape index (κ3) is 5.97. The standard InChI is InChI=1S/C13H11F4N3OS.C2H6/c1-21-11-6-10(7-18-19-11)22-20-12(13(15,16)17)8-2-4-9(14)5-3-8;1-2/h2-7,12,20H,1H3;1-2H3. The molecular weight excluding hydrogens is 346 g/mol. The van der Waals surface area contributed by atoms with Crippen molar-refractivity contribution in [1.29, 1.82) is 0 Å². The molecule has 1 aromatic heterocycles. The molecule has 0 aliphatic rings. The van der Waals surface area contributed by atoms with Crippen LogP contribution >= 0.6 is 11.9 Å². The number of alkyl halides is 3. The van der Waals surface area contributed by atoms with E-state index in [1.54, 1.807) is 0 Å². The van der Waals surface area contributed by atoms with Crippen LogP contribution in [0.25, 0.3) is 0 Å². The van der Waals surface area contributed by atoms with E-state index < -0.39 is 18.0 Å². The molecule has 1 atom stereocenters. The van der Waals surface area contributed by atoms with Gasteiger partial charge in [-0.3, -0.25) is 0 Å². The maximum atomic E-state index is 13.1. The number of aromatic nitrogens is 2. The van der Waals surface area contributed by atoms with Crippen LogP contribution in [0.15, 0.2) is 41.4 Å². The Balaban J connectivity index is 0.00000139. The smallest absolute Gasteiger partial charge is 0.408 e. The van der Waals surface area contributed by atoms with E-state index in [2.05, 4.69) is 14.9 Å². The van der Waals surface area contributed by atoms with Crippen LogP contribution in [-0.4, -0.2) is 23.5 Å². The Kier molecular flexibility index (Phi) is 7.93. The zero-order chi connectivity index (χ0) is 18.2. The molecule has 0 saturated carbocycles. The van der Waals surface area contributed by atoms with Gasteiger partial charge in [0.05, 0.1) is 13.3 Å². The van der Waals surface area contributed by atoms with Crippen LogP contribution < -0.4 is 9.46 Å². The van der Waals surface area contributed by atoms with Crippen LogP contribution in [0.5, 0.6) is 5.88 Å². The van der Waals surface area contributed by atoms with Crippen molar-refractivity contribution in [2.75, 3.05) is 7.11 Å². The van der Waals surface area contributed by atoms with Gasteiger partial charge >= 0.3 is 6.18 Å². The second kappa shape index (κ2) is 9.43. The van der Waals surface area contributed by atoms with Crippen molar-refractivity contribution in [3.63, 3.8) is 0 Å². The van der Waals surface area contributed by atoms with E-state index in [4.69, 9.17) is 4.74 Å². The van der Waals surface area contributed by atoms with Crippen LogP contribution in [0.1, 0.15) is 25.5 Å². The molecule has 2 aromatic rings. The molecule has 0 spiro atoms. The first-order valence-corrected chi connectivity index (χ1v) is 7.83. The molecule has 24 heavy (non-hydrogen) atoms. The normalized spacial score (nSPS) is 12.1. The summed E-state index contributed by atoms with van der Waals surface area (Å²) in [6.07, 6.45) is -3.23. The summed E-state index contributed by atoms with van der Waals surface area (Å²) in [5, 5.41) is 7.24. The Morgan fingerprint density at radius 3 is 2.33 bits per heavy atom. The maximum absolute atomic E-state index is 13.1. The molecule has 1 aromatic carbocycles. The van der Waals surface area contributed by atoms with E-state index in [-0.39, 0.29) is 11.4 Å². The zero-order valence-corrected chi connectivity index (χ0v) is 14.1. The lowest BCUT2D eigenvalue weighted by Crippen LogP contribution is -2.30. The summed E-state index contributed by atoms with van der Waals surface area (Å²) in [7, 11) is 1.38. The van der Waals surface area contributed by atoms with Gasteiger partial charge in [-0.1, -0.05) is 26.0 Å². The molecule has 0 aliphatic heterocycles. The van der Waals surface area contributed by atoms with E-state index in [1.807, 2.05) is 13.8 Å². The Bertz CT molecular complexity index is 623. The van der Waals surface area contributed by atoms with Crippen LogP contribution in [-0.2, 0) is 0 Å². The molecule has 1 heterocycles. The Hall–Kier alpha value is -1.87. The lowest BCUT2D eigenvalue weighted by Gasteiger charge is -2.21. The van der Waals surface area contributed by atoms with Gasteiger partial charge in [0.1, 0.15) is 11.9 Å². The minimum absolute atomic E-state index is 0.0876. The predicted octanol–water partition coefficient (Wildman–Crippen LogP) is 4.55. The Labute approximate surface area is 141 Å². The fraction of sp³-hybridized carbons (Fsp3) is 0.333. The van der Waals surface area contributed by atoms with E-state index in [1.165, 1.54) is 19.4 Å². The van der Waals surface area contributed by atoms with Crippen molar-refractivity contribution in [3.05, 3.63) is 47.9 Å². The van der Waals surface area contributed by atoms with Gasteiger partial charge in [0.25, 0.3) is 0 Å². The molecule has 2 rings (SSSR count). The van der Waals surface area contributed by atoms with Crippen molar-refractivity contribution in [2.45, 2.75) is 31.0 Å². The largest absolute Gasteiger partial charge is 0.480 e. The number of methoxy groups -OCH3 is 1. The van der Waals surface area contributed by atoms with E-state index in [0.717, 1.165) is 36.2 Å². The van der Waals surface area contributed by atoms with Gasteiger partial charge < -0.3 is 4.74 Å². The molecule has 1 N–H and O–H groups in total. The second-order valence-electron chi connectivity index (χ2n) is 4.18. The molecule has 0 aliphatic carbocycles. The summed E-state index contributed by atoms with van der Waals surface area (Å²) < 4.78 is 59.4. The lowest BCUT2D eigenvalue weighted by molar-refractivity contribution is -0.152. The quantitative estimate of drug-likeness (QED) is 0.624. The van der Waals surface area contributed by atoms with Crippen LogP contribution in [0.2, 0.25) is 0 Å². The molecule has 1 unspecified atom stereocenters. The lowest BCUT2D eigenvalue weighted by atomic mass is 10.1. The highest BCUT2D eigenvalue weighted by atomic mass is 32.2. The van der Waals surface area contributed by atoms with Crippen molar-refractivity contribution < 1.29 is 22.3 Å². The number of nitrogens with one attached hydrogen (secondary N) is 1. The predicted molar refractivity (Wildman–Crippen MR) is 84.1 cm³/mol. The maximum Gasteiger partial charge on any atom is 0.408 e. The summed E-state index contributed by atoms with van der Waals surface area (Å²) in [6.45, 7) is 4.00. The number of hydrogen-bond donors (Lipinski definition) is 1. The van der Waals surface area contributed by atoms with Gasteiger partial charge in [0.2, 0.25) is 5.88 Å². The number of ether oxygens (including phenoxy) is 1. The van der Waals surface area contributed by atoms with Gasteiger partial charge in [-0.2, -0.15) is 18.3 Å². The number of benzene rings is 1. The average Bonchev–Trinajstić information content (AvgIpc) is 2.57. The van der Waals surface area contributed by atoms with Crippen molar-refractivity contribution in [1.82, 2.24) is 14.9 Å². The summed E-state index contributed by atoms with van der Waals surface area (Å²) in [4.78, 5) is 0.406. The highest BCUT2D eigenvalue weighted by molar-refractivity contribution is 7.97. The van der Waals surface area contributed by atoms with E-state index in [9.17, 15) is 17.6 Å². The van der Waals surface area contributed by atoms with Gasteiger partial charge in [0, 0.05) is 11.0 Å². The minimum atomic E-state index is -4.53. The molecule has 4 nitrogen and oxygen atoms in total. The highest BCUT2D eigenvalue weighted by Gasteiger charge is 2.40. The summed E-state index contributed by atoms with van der Waals surface area (Å²) >= 11 is 0.738. The summed E-state index contributed by atoms with van der Waals surface area (Å²) in [6, 6.07) is 3.65. The van der Waals surface area contributed by atoms with Crippen molar-refractivity contribution in [2.24, 2.45) is 0 Å². The van der Waals surface area contributed by atoms with Crippen LogP contribution in [0.4, 0.5) is 17.6 Å². The fourth-order valence-electron chi connectivity index (χ4n) is 1.59. The summed E-state index contributed by atoms with van der Waals surface area (Å²) in [5.41, 5.74) is -0.0876. The number of hydrogen-bond acceptors (Lipinski definition) is 5. The number of halogens is 4. The molecule has 0 amide bonds. The molecule has 0 saturated heterocycles. The Morgan fingerprint density at radius 2 is 1.79 bits per heavy atom. The van der Waals surface area contributed by atoms with Gasteiger partial charge in [-0.25, -0.2) is 9.11 Å². The molecule has 0 radical (unpaired) electrons. The van der Waals surface area contributed by atoms with Crippen molar-refractivity contribution >= 4 is 11.9 Å². The Morgan fingerprint density at radius 1 is 1.17 bits per heavy atom. The molecular formula is C15H17F4N3OS. The number of nitrogens with zero attached hydrogens (tertiary/aromatic N) is 2. The molecule has 0 fully saturated rings. The topological polar surface area (TPSA) is 47.0 Å². The molecule has 0 bridgehead atoms. The first-order chi connectivity index (χ1) is 11.4. The van der Waals surface area contributed by atoms with Gasteiger partial charge in [0.15, 0.2) is 0 Å².